The lowest BCUT2D eigenvalue weighted by Crippen LogP contribution is -1.94. The van der Waals surface area contributed by atoms with Crippen LogP contribution in [0.15, 0.2) is 34.9 Å². The van der Waals surface area contributed by atoms with Gasteiger partial charge in [0.05, 0.1) is 13.2 Å². The smallest absolute Gasteiger partial charge is 0.246 e. The number of aromatic nitrogens is 1. The molecule has 0 amide bonds. The lowest BCUT2D eigenvalue weighted by atomic mass is 10.2. The second-order valence-electron chi connectivity index (χ2n) is 3.94. The van der Waals surface area contributed by atoms with Crippen molar-refractivity contribution in [2.75, 3.05) is 6.61 Å². The van der Waals surface area contributed by atoms with Crippen molar-refractivity contribution < 1.29 is 14.3 Å². The molecule has 0 N–H and O–H groups in total. The fraction of sp³-hybridized carbons (Fsp3) is 0.133. The summed E-state index contributed by atoms with van der Waals surface area (Å²) < 4.78 is 11.7. The van der Waals surface area contributed by atoms with Crippen LogP contribution in [-0.2, 0) is 0 Å². The maximum atomic E-state index is 10.9. The molecule has 0 atom stereocenters. The molecule has 21 heavy (non-hydrogen) atoms. The number of carbonyl (C=O) groups excluding carboxylic acids is 1. The minimum absolute atomic E-state index is 0.296. The van der Waals surface area contributed by atoms with E-state index in [4.69, 9.17) is 16.0 Å². The molecule has 0 saturated heterocycles. The summed E-state index contributed by atoms with van der Waals surface area (Å²) in [6.07, 6.45) is 2.13. The van der Waals surface area contributed by atoms with Gasteiger partial charge in [-0.2, -0.15) is 0 Å². The molecule has 0 unspecified atom stereocenters. The van der Waals surface area contributed by atoms with Crippen molar-refractivity contribution >= 4 is 27.9 Å². The number of aldehydes is 1. The summed E-state index contributed by atoms with van der Waals surface area (Å²) in [5, 5.41) is 0. The van der Waals surface area contributed by atoms with E-state index in [-0.39, 0.29) is 0 Å². The Morgan fingerprint density at radius 2 is 2.24 bits per heavy atom. The summed E-state index contributed by atoms with van der Waals surface area (Å²) in [6, 6.07) is 6.58. The van der Waals surface area contributed by atoms with E-state index in [1.54, 1.807) is 24.3 Å². The summed E-state index contributed by atoms with van der Waals surface area (Å²) >= 11 is 3.27. The van der Waals surface area contributed by atoms with Crippen molar-refractivity contribution in [2.45, 2.75) is 6.92 Å². The molecule has 0 aliphatic rings. The zero-order valence-electron chi connectivity index (χ0n) is 11.2. The highest BCUT2D eigenvalue weighted by molar-refractivity contribution is 9.10. The van der Waals surface area contributed by atoms with E-state index in [0.29, 0.717) is 39.7 Å². The highest BCUT2D eigenvalue weighted by Gasteiger charge is 2.09. The normalized spacial score (nSPS) is 9.76. The average molecular weight is 347 g/mol. The van der Waals surface area contributed by atoms with Crippen LogP contribution in [0.1, 0.15) is 17.3 Å². The first-order valence-corrected chi connectivity index (χ1v) is 6.90. The summed E-state index contributed by atoms with van der Waals surface area (Å²) in [7, 11) is 0. The van der Waals surface area contributed by atoms with Gasteiger partial charge in [0.25, 0.3) is 0 Å². The van der Waals surface area contributed by atoms with Gasteiger partial charge in [-0.05, 0) is 25.1 Å². The van der Waals surface area contributed by atoms with Gasteiger partial charge in [0.2, 0.25) is 11.6 Å². The van der Waals surface area contributed by atoms with Crippen LogP contribution in [-0.4, -0.2) is 17.9 Å². The lowest BCUT2D eigenvalue weighted by molar-refractivity contribution is 0.112. The third-order valence-electron chi connectivity index (χ3n) is 2.56. The van der Waals surface area contributed by atoms with Gasteiger partial charge in [0, 0.05) is 22.3 Å². The topological polar surface area (TPSA) is 52.8 Å². The monoisotopic (exact) mass is 346 g/mol. The lowest BCUT2D eigenvalue weighted by Gasteiger charge is -2.09. The van der Waals surface area contributed by atoms with E-state index >= 15 is 0 Å². The molecule has 0 spiro atoms. The molecule has 6 heteroatoms. The van der Waals surface area contributed by atoms with Gasteiger partial charge in [0.15, 0.2) is 6.29 Å². The molecule has 0 aliphatic carbocycles. The number of carbonyl (C=O) groups is 1. The Kier molecular flexibility index (Phi) is 4.90. The first-order chi connectivity index (χ1) is 10.2. The van der Waals surface area contributed by atoms with Crippen molar-refractivity contribution in [1.29, 1.82) is 0 Å². The number of halogens is 1. The molecule has 5 nitrogen and oxygen atoms in total. The first kappa shape index (κ1) is 15.0. The molecular weight excluding hydrogens is 336 g/mol. The number of hydrogen-bond acceptors (Lipinski definition) is 4. The van der Waals surface area contributed by atoms with Crippen LogP contribution in [0.3, 0.4) is 0 Å². The van der Waals surface area contributed by atoms with Crippen LogP contribution in [0, 0.1) is 6.57 Å². The predicted octanol–water partition coefficient (Wildman–Crippen LogP) is 4.40. The molecule has 0 fully saturated rings. The van der Waals surface area contributed by atoms with E-state index in [1.807, 2.05) is 6.92 Å². The Morgan fingerprint density at radius 3 is 2.90 bits per heavy atom. The number of rotatable bonds is 5. The van der Waals surface area contributed by atoms with Crippen molar-refractivity contribution in [2.24, 2.45) is 0 Å². The maximum Gasteiger partial charge on any atom is 0.246 e. The zero-order chi connectivity index (χ0) is 15.2. The minimum Gasteiger partial charge on any atom is -0.505 e. The number of nitrogens with zero attached hydrogens (tertiary/aromatic N) is 2. The van der Waals surface area contributed by atoms with Crippen LogP contribution in [0.2, 0.25) is 0 Å². The third-order valence-corrected chi connectivity index (χ3v) is 3.28. The van der Waals surface area contributed by atoms with Gasteiger partial charge in [-0.1, -0.05) is 15.9 Å². The Hall–Kier alpha value is -2.39. The summed E-state index contributed by atoms with van der Waals surface area (Å²) in [6.45, 7) is 9.33. The van der Waals surface area contributed by atoms with E-state index in [1.165, 1.54) is 6.20 Å². The molecule has 1 heterocycles. The first-order valence-electron chi connectivity index (χ1n) is 6.10. The van der Waals surface area contributed by atoms with E-state index in [2.05, 4.69) is 25.8 Å². The second-order valence-corrected chi connectivity index (χ2v) is 4.79. The van der Waals surface area contributed by atoms with Crippen molar-refractivity contribution in [3.63, 3.8) is 0 Å². The van der Waals surface area contributed by atoms with Crippen LogP contribution in [0.25, 0.3) is 4.85 Å². The highest BCUT2D eigenvalue weighted by atomic mass is 79.9. The molecule has 1 aromatic carbocycles. The quantitative estimate of drug-likeness (QED) is 0.594. The van der Waals surface area contributed by atoms with Gasteiger partial charge in [-0.3, -0.25) is 4.79 Å². The average Bonchev–Trinajstić information content (AvgIpc) is 2.50. The van der Waals surface area contributed by atoms with Crippen LogP contribution in [0.5, 0.6) is 17.4 Å². The summed E-state index contributed by atoms with van der Waals surface area (Å²) in [4.78, 5) is 18.3. The van der Waals surface area contributed by atoms with Gasteiger partial charge in [0.1, 0.15) is 11.5 Å². The van der Waals surface area contributed by atoms with Crippen molar-refractivity contribution in [1.82, 2.24) is 4.98 Å². The minimum atomic E-state index is 0.296. The van der Waals surface area contributed by atoms with E-state index < -0.39 is 0 Å². The SMILES string of the molecule is [C-]#[N+]c1cnc(Oc2ccc(Br)c(C=O)c2)cc1OCC. The van der Waals surface area contributed by atoms with Gasteiger partial charge in [-0.25, -0.2) is 9.83 Å². The Labute approximate surface area is 130 Å². The second kappa shape index (κ2) is 6.86. The van der Waals surface area contributed by atoms with Crippen molar-refractivity contribution in [3.05, 3.63) is 51.9 Å². The zero-order valence-corrected chi connectivity index (χ0v) is 12.8. The molecule has 2 rings (SSSR count). The fourth-order valence-electron chi connectivity index (χ4n) is 1.62. The highest BCUT2D eigenvalue weighted by Crippen LogP contribution is 2.32. The van der Waals surface area contributed by atoms with E-state index in [9.17, 15) is 4.79 Å². The maximum absolute atomic E-state index is 10.9. The van der Waals surface area contributed by atoms with Gasteiger partial charge >= 0.3 is 0 Å². The molecule has 0 bridgehead atoms. The summed E-state index contributed by atoms with van der Waals surface area (Å²) in [5.41, 5.74) is 0.809. The third kappa shape index (κ3) is 3.58. The number of ether oxygens (including phenoxy) is 2. The van der Waals surface area contributed by atoms with Gasteiger partial charge < -0.3 is 9.47 Å². The number of pyridine rings is 1. The Balaban J connectivity index is 2.29. The largest absolute Gasteiger partial charge is 0.505 e. The summed E-state index contributed by atoms with van der Waals surface area (Å²) in [5.74, 6) is 1.20. The van der Waals surface area contributed by atoms with Crippen LogP contribution >= 0.6 is 15.9 Å². The molecule has 0 aliphatic heterocycles. The molecule has 0 saturated carbocycles. The molecule has 106 valence electrons. The fourth-order valence-corrected chi connectivity index (χ4v) is 1.96. The Bertz CT molecular complexity index is 711. The molecule has 1 aromatic heterocycles. The van der Waals surface area contributed by atoms with Crippen LogP contribution < -0.4 is 9.47 Å². The molecule has 2 aromatic rings. The number of benzene rings is 1. The van der Waals surface area contributed by atoms with Crippen molar-refractivity contribution in [3.8, 4) is 17.4 Å². The van der Waals surface area contributed by atoms with Gasteiger partial charge in [-0.15, -0.1) is 0 Å². The standard InChI is InChI=1S/C15H11BrN2O3/c1-3-20-14-7-15(18-8-13(14)17-2)21-11-4-5-12(16)10(6-11)9-19/h4-9H,3H2,1H3. The molecule has 0 radical (unpaired) electrons. The van der Waals surface area contributed by atoms with E-state index in [0.717, 1.165) is 6.29 Å². The van der Waals surface area contributed by atoms with Crippen LogP contribution in [0.4, 0.5) is 5.69 Å². The molecular formula is C15H11BrN2O3. The Morgan fingerprint density at radius 1 is 1.43 bits per heavy atom. The predicted molar refractivity (Wildman–Crippen MR) is 81.3 cm³/mol. The number of hydrogen-bond donors (Lipinski definition) is 0.